The van der Waals surface area contributed by atoms with E-state index in [1.54, 1.807) is 11.8 Å². The van der Waals surface area contributed by atoms with Crippen LogP contribution in [0.5, 0.6) is 0 Å². The monoisotopic (exact) mass is 412 g/mol. The van der Waals surface area contributed by atoms with E-state index < -0.39 is 0 Å². The number of benzene rings is 1. The fraction of sp³-hybridized carbons (Fsp3) is 0.565. The summed E-state index contributed by atoms with van der Waals surface area (Å²) in [6.45, 7) is 5.18. The molecule has 0 N–H and O–H groups in total. The first-order valence-electron chi connectivity index (χ1n) is 10.9. The Hall–Kier alpha value is -1.79. The molecule has 1 fully saturated rings. The van der Waals surface area contributed by atoms with Crippen molar-refractivity contribution in [3.05, 3.63) is 47.0 Å². The standard InChI is InChI=1S/C23H32N4OS/c1-25(22(28)16-21-18-29-23-24-12-7-15-27(21)23)20-11-6-14-26(17-20)13-5-10-19-8-3-2-4-9-19/h2-4,8-9,18,20H,5-7,10-17H2,1H3/t20-/m0/s1. The van der Waals surface area contributed by atoms with Gasteiger partial charge in [-0.1, -0.05) is 42.1 Å². The van der Waals surface area contributed by atoms with Gasteiger partial charge in [-0.15, -0.1) is 0 Å². The number of amidine groups is 1. The molecule has 0 unspecified atom stereocenters. The van der Waals surface area contributed by atoms with E-state index in [1.165, 1.54) is 18.4 Å². The van der Waals surface area contributed by atoms with Crippen molar-refractivity contribution in [2.75, 3.05) is 39.8 Å². The molecule has 4 rings (SSSR count). The SMILES string of the molecule is CN(C(=O)CC1=CSC2=NCCCN12)[C@H]1CCCN(CCCc2ccccc2)C1. The summed E-state index contributed by atoms with van der Waals surface area (Å²) in [6.07, 6.45) is 6.16. The summed E-state index contributed by atoms with van der Waals surface area (Å²) < 4.78 is 0. The van der Waals surface area contributed by atoms with Crippen molar-refractivity contribution >= 4 is 22.8 Å². The third-order valence-electron chi connectivity index (χ3n) is 6.20. The topological polar surface area (TPSA) is 39.2 Å². The first-order valence-corrected chi connectivity index (χ1v) is 11.8. The molecule has 0 radical (unpaired) electrons. The highest BCUT2D eigenvalue weighted by Gasteiger charge is 2.30. The van der Waals surface area contributed by atoms with Crippen LogP contribution in [0.4, 0.5) is 0 Å². The molecule has 1 aromatic rings. The lowest BCUT2D eigenvalue weighted by Gasteiger charge is -2.38. The average Bonchev–Trinajstić information content (AvgIpc) is 3.17. The number of fused-ring (bicyclic) bond motifs is 1. The lowest BCUT2D eigenvalue weighted by molar-refractivity contribution is -0.132. The molecule has 29 heavy (non-hydrogen) atoms. The van der Waals surface area contributed by atoms with Gasteiger partial charge < -0.3 is 14.7 Å². The molecule has 1 aromatic carbocycles. The van der Waals surface area contributed by atoms with E-state index in [4.69, 9.17) is 0 Å². The maximum atomic E-state index is 13.0. The third kappa shape index (κ3) is 5.23. The molecule has 1 saturated heterocycles. The number of aliphatic imine (C=N–C) groups is 1. The van der Waals surface area contributed by atoms with E-state index in [1.807, 2.05) is 11.9 Å². The molecule has 0 spiro atoms. The van der Waals surface area contributed by atoms with Crippen molar-refractivity contribution in [3.63, 3.8) is 0 Å². The zero-order chi connectivity index (χ0) is 20.1. The zero-order valence-electron chi connectivity index (χ0n) is 17.4. The summed E-state index contributed by atoms with van der Waals surface area (Å²) in [7, 11) is 1.99. The molecule has 3 aliphatic heterocycles. The summed E-state index contributed by atoms with van der Waals surface area (Å²) in [4.78, 5) is 24.3. The number of likely N-dealkylation sites (N-methyl/N-ethyl adjacent to an activating group) is 1. The number of nitrogens with zero attached hydrogens (tertiary/aromatic N) is 4. The van der Waals surface area contributed by atoms with Crippen LogP contribution < -0.4 is 0 Å². The molecule has 0 saturated carbocycles. The Balaban J connectivity index is 1.24. The minimum atomic E-state index is 0.236. The van der Waals surface area contributed by atoms with Gasteiger partial charge in [-0.3, -0.25) is 9.79 Å². The quantitative estimate of drug-likeness (QED) is 0.686. The smallest absolute Gasteiger partial charge is 0.228 e. The van der Waals surface area contributed by atoms with E-state index in [2.05, 4.69) is 50.5 Å². The molecule has 1 atom stereocenters. The van der Waals surface area contributed by atoms with Gasteiger partial charge in [0.05, 0.1) is 6.42 Å². The van der Waals surface area contributed by atoms with E-state index in [9.17, 15) is 4.79 Å². The van der Waals surface area contributed by atoms with Crippen LogP contribution >= 0.6 is 11.8 Å². The molecular weight excluding hydrogens is 380 g/mol. The first-order chi connectivity index (χ1) is 14.2. The first kappa shape index (κ1) is 20.5. The van der Waals surface area contributed by atoms with Gasteiger partial charge >= 0.3 is 0 Å². The Morgan fingerprint density at radius 2 is 2.10 bits per heavy atom. The van der Waals surface area contributed by atoms with Crippen molar-refractivity contribution in [3.8, 4) is 0 Å². The lowest BCUT2D eigenvalue weighted by Crippen LogP contribution is -2.49. The molecule has 0 aromatic heterocycles. The number of piperidine rings is 1. The Morgan fingerprint density at radius 1 is 1.24 bits per heavy atom. The molecule has 3 heterocycles. The van der Waals surface area contributed by atoms with Gasteiger partial charge in [0.25, 0.3) is 0 Å². The van der Waals surface area contributed by atoms with Crippen LogP contribution in [0.25, 0.3) is 0 Å². The van der Waals surface area contributed by atoms with Gasteiger partial charge in [0.2, 0.25) is 5.91 Å². The number of likely N-dealkylation sites (tertiary alicyclic amines) is 1. The molecule has 0 bridgehead atoms. The summed E-state index contributed by atoms with van der Waals surface area (Å²) in [5, 5.41) is 3.19. The highest BCUT2D eigenvalue weighted by Crippen LogP contribution is 2.31. The molecule has 6 heteroatoms. The van der Waals surface area contributed by atoms with Gasteiger partial charge in [-0.05, 0) is 56.2 Å². The second kappa shape index (κ2) is 9.81. The molecule has 5 nitrogen and oxygen atoms in total. The van der Waals surface area contributed by atoms with E-state index in [0.29, 0.717) is 12.5 Å². The number of hydrogen-bond donors (Lipinski definition) is 0. The molecular formula is C23H32N4OS. The lowest BCUT2D eigenvalue weighted by atomic mass is 10.0. The Kier molecular flexibility index (Phi) is 6.93. The maximum Gasteiger partial charge on any atom is 0.228 e. The van der Waals surface area contributed by atoms with E-state index >= 15 is 0 Å². The fourth-order valence-corrected chi connectivity index (χ4v) is 5.41. The van der Waals surface area contributed by atoms with Gasteiger partial charge in [-0.25, -0.2) is 0 Å². The largest absolute Gasteiger partial charge is 0.341 e. The number of amides is 1. The normalized spacial score (nSPS) is 22.1. The van der Waals surface area contributed by atoms with Crippen LogP contribution in [-0.2, 0) is 11.2 Å². The van der Waals surface area contributed by atoms with Gasteiger partial charge in [0.15, 0.2) is 5.17 Å². The van der Waals surface area contributed by atoms with Gasteiger partial charge in [0.1, 0.15) is 0 Å². The molecule has 3 aliphatic rings. The summed E-state index contributed by atoms with van der Waals surface area (Å²) in [5.74, 6) is 0.236. The molecule has 156 valence electrons. The van der Waals surface area contributed by atoms with Crippen molar-refractivity contribution < 1.29 is 4.79 Å². The number of hydrogen-bond acceptors (Lipinski definition) is 5. The number of rotatable bonds is 7. The van der Waals surface area contributed by atoms with Crippen LogP contribution in [0.3, 0.4) is 0 Å². The van der Waals surface area contributed by atoms with Crippen molar-refractivity contribution in [1.82, 2.24) is 14.7 Å². The highest BCUT2D eigenvalue weighted by atomic mass is 32.2. The predicted octanol–water partition coefficient (Wildman–Crippen LogP) is 3.58. The van der Waals surface area contributed by atoms with Crippen molar-refractivity contribution in [1.29, 1.82) is 0 Å². The Bertz CT molecular complexity index is 763. The highest BCUT2D eigenvalue weighted by molar-refractivity contribution is 8.16. The van der Waals surface area contributed by atoms with Crippen LogP contribution in [0.15, 0.2) is 46.4 Å². The summed E-state index contributed by atoms with van der Waals surface area (Å²) in [6, 6.07) is 11.1. The second-order valence-corrected chi connectivity index (χ2v) is 9.10. The van der Waals surface area contributed by atoms with Gasteiger partial charge in [-0.2, -0.15) is 0 Å². The van der Waals surface area contributed by atoms with Crippen molar-refractivity contribution in [2.45, 2.75) is 44.6 Å². The average molecular weight is 413 g/mol. The van der Waals surface area contributed by atoms with Gasteiger partial charge in [0, 0.05) is 38.4 Å². The third-order valence-corrected chi connectivity index (χ3v) is 7.15. The Labute approximate surface area is 178 Å². The van der Waals surface area contributed by atoms with Crippen LogP contribution in [0, 0.1) is 0 Å². The van der Waals surface area contributed by atoms with Crippen LogP contribution in [0.1, 0.15) is 37.7 Å². The van der Waals surface area contributed by atoms with Crippen LogP contribution in [0.2, 0.25) is 0 Å². The van der Waals surface area contributed by atoms with E-state index in [0.717, 1.165) is 62.9 Å². The Morgan fingerprint density at radius 3 is 2.97 bits per heavy atom. The predicted molar refractivity (Wildman–Crippen MR) is 121 cm³/mol. The van der Waals surface area contributed by atoms with Crippen molar-refractivity contribution in [2.24, 2.45) is 4.99 Å². The van der Waals surface area contributed by atoms with Crippen LogP contribution in [-0.4, -0.2) is 71.6 Å². The number of carbonyl (C=O) groups excluding carboxylic acids is 1. The minimum Gasteiger partial charge on any atom is -0.341 e. The maximum absolute atomic E-state index is 13.0. The summed E-state index contributed by atoms with van der Waals surface area (Å²) in [5.41, 5.74) is 2.54. The minimum absolute atomic E-state index is 0.236. The molecule has 0 aliphatic carbocycles. The summed E-state index contributed by atoms with van der Waals surface area (Å²) >= 11 is 1.67. The number of carbonyl (C=O) groups is 1. The molecule has 1 amide bonds. The fourth-order valence-electron chi connectivity index (χ4n) is 4.46. The number of aryl methyl sites for hydroxylation is 1. The zero-order valence-corrected chi connectivity index (χ0v) is 18.2. The number of thioether (sulfide) groups is 1. The van der Waals surface area contributed by atoms with E-state index in [-0.39, 0.29) is 5.91 Å². The second-order valence-electron chi connectivity index (χ2n) is 8.26.